The predicted octanol–water partition coefficient (Wildman–Crippen LogP) is 2.38. The Morgan fingerprint density at radius 1 is 1.36 bits per heavy atom. The van der Waals surface area contributed by atoms with E-state index in [1.165, 1.54) is 12.1 Å². The summed E-state index contributed by atoms with van der Waals surface area (Å²) in [6.07, 6.45) is 1.91. The molecule has 1 saturated heterocycles. The lowest BCUT2D eigenvalue weighted by molar-refractivity contribution is -0.119. The molecule has 2 heterocycles. The van der Waals surface area contributed by atoms with Crippen molar-refractivity contribution >= 4 is 5.91 Å². The van der Waals surface area contributed by atoms with Crippen LogP contribution in [-0.2, 0) is 4.79 Å². The first-order chi connectivity index (χ1) is 12.0. The van der Waals surface area contributed by atoms with Crippen molar-refractivity contribution in [2.45, 2.75) is 25.7 Å². The van der Waals surface area contributed by atoms with Crippen LogP contribution in [0.25, 0.3) is 0 Å². The number of primary amides is 1. The van der Waals surface area contributed by atoms with Gasteiger partial charge in [0.1, 0.15) is 17.4 Å². The molecule has 1 aromatic carbocycles. The number of hydrogen-bond donors (Lipinski definition) is 1. The number of benzene rings is 1. The molecule has 1 atom stereocenters. The van der Waals surface area contributed by atoms with Gasteiger partial charge in [-0.25, -0.2) is 9.37 Å². The molecule has 1 unspecified atom stereocenters. The molecule has 132 valence electrons. The fourth-order valence-corrected chi connectivity index (χ4v) is 3.05. The first-order valence-corrected chi connectivity index (χ1v) is 8.29. The summed E-state index contributed by atoms with van der Waals surface area (Å²) in [5.41, 5.74) is 6.09. The number of piperidine rings is 1. The van der Waals surface area contributed by atoms with E-state index in [-0.39, 0.29) is 24.2 Å². The maximum Gasteiger partial charge on any atom is 0.231 e. The van der Waals surface area contributed by atoms with Gasteiger partial charge in [-0.2, -0.15) is 4.98 Å². The quantitative estimate of drug-likeness (QED) is 0.901. The monoisotopic (exact) mass is 344 g/mol. The molecule has 1 aromatic heterocycles. The van der Waals surface area contributed by atoms with E-state index in [9.17, 15) is 9.18 Å². The largest absolute Gasteiger partial charge is 0.439 e. The summed E-state index contributed by atoms with van der Waals surface area (Å²) in [5, 5.41) is 0. The van der Waals surface area contributed by atoms with Gasteiger partial charge in [0.25, 0.3) is 0 Å². The van der Waals surface area contributed by atoms with Crippen LogP contribution in [0.4, 0.5) is 4.39 Å². The fourth-order valence-electron chi connectivity index (χ4n) is 3.05. The average molecular weight is 344 g/mol. The van der Waals surface area contributed by atoms with Gasteiger partial charge in [0.2, 0.25) is 11.8 Å². The molecule has 0 spiro atoms. The second kappa shape index (κ2) is 7.57. The lowest BCUT2D eigenvalue weighted by Gasteiger charge is -2.31. The second-order valence-corrected chi connectivity index (χ2v) is 6.30. The van der Waals surface area contributed by atoms with Gasteiger partial charge in [-0.3, -0.25) is 9.69 Å². The van der Waals surface area contributed by atoms with Gasteiger partial charge in [0.05, 0.1) is 6.54 Å². The van der Waals surface area contributed by atoms with E-state index in [0.717, 1.165) is 25.1 Å². The Morgan fingerprint density at radius 3 is 2.84 bits per heavy atom. The van der Waals surface area contributed by atoms with Gasteiger partial charge in [-0.15, -0.1) is 0 Å². The molecule has 0 radical (unpaired) electrons. The van der Waals surface area contributed by atoms with Crippen LogP contribution in [0.15, 0.2) is 30.3 Å². The number of amides is 1. The first-order valence-electron chi connectivity index (χ1n) is 8.29. The molecule has 1 aliphatic heterocycles. The van der Waals surface area contributed by atoms with E-state index >= 15 is 0 Å². The standard InChI is InChI=1S/C18H21FN4O2/c1-12-9-17(25-15-6-4-14(19)5-7-15)22-18(21-12)13-3-2-8-23(10-13)11-16(20)24/h4-7,9,13H,2-3,8,10-11H2,1H3,(H2,20,24). The lowest BCUT2D eigenvalue weighted by atomic mass is 9.97. The molecular formula is C18H21FN4O2. The topological polar surface area (TPSA) is 81.3 Å². The minimum atomic E-state index is -0.328. The molecule has 3 rings (SSSR count). The number of likely N-dealkylation sites (tertiary alicyclic amines) is 1. The number of nitrogens with two attached hydrogens (primary N) is 1. The van der Waals surface area contributed by atoms with Crippen molar-refractivity contribution < 1.29 is 13.9 Å². The summed E-state index contributed by atoms with van der Waals surface area (Å²) in [5.74, 6) is 1.13. The first kappa shape index (κ1) is 17.3. The van der Waals surface area contributed by atoms with Gasteiger partial charge < -0.3 is 10.5 Å². The molecule has 1 amide bonds. The number of ether oxygens (including phenoxy) is 1. The highest BCUT2D eigenvalue weighted by Crippen LogP contribution is 2.27. The molecule has 0 aliphatic carbocycles. The third kappa shape index (κ3) is 4.73. The number of carbonyl (C=O) groups is 1. The predicted molar refractivity (Wildman–Crippen MR) is 90.9 cm³/mol. The summed E-state index contributed by atoms with van der Waals surface area (Å²) in [6.45, 7) is 3.68. The molecule has 1 aliphatic rings. The molecule has 2 N–H and O–H groups in total. The van der Waals surface area contributed by atoms with Gasteiger partial charge in [0.15, 0.2) is 0 Å². The van der Waals surface area contributed by atoms with Crippen LogP contribution in [0.5, 0.6) is 11.6 Å². The zero-order chi connectivity index (χ0) is 17.8. The van der Waals surface area contributed by atoms with Crippen LogP contribution in [0.1, 0.15) is 30.3 Å². The normalized spacial score (nSPS) is 18.1. The molecule has 7 heteroatoms. The maximum absolute atomic E-state index is 13.0. The molecule has 25 heavy (non-hydrogen) atoms. The highest BCUT2D eigenvalue weighted by atomic mass is 19.1. The number of nitrogens with zero attached hydrogens (tertiary/aromatic N) is 3. The number of rotatable bonds is 5. The van der Waals surface area contributed by atoms with E-state index in [1.807, 2.05) is 11.8 Å². The smallest absolute Gasteiger partial charge is 0.231 e. The lowest BCUT2D eigenvalue weighted by Crippen LogP contribution is -2.40. The summed E-state index contributed by atoms with van der Waals surface area (Å²) in [6, 6.07) is 7.54. The minimum Gasteiger partial charge on any atom is -0.439 e. The molecule has 0 bridgehead atoms. The molecule has 6 nitrogen and oxygen atoms in total. The van der Waals surface area contributed by atoms with Crippen LogP contribution in [-0.4, -0.2) is 40.4 Å². The maximum atomic E-state index is 13.0. The summed E-state index contributed by atoms with van der Waals surface area (Å²) < 4.78 is 18.7. The van der Waals surface area contributed by atoms with E-state index < -0.39 is 0 Å². The Labute approximate surface area is 145 Å². The molecular weight excluding hydrogens is 323 g/mol. The van der Waals surface area contributed by atoms with Crippen LogP contribution in [0, 0.1) is 12.7 Å². The van der Waals surface area contributed by atoms with Gasteiger partial charge in [-0.05, 0) is 50.6 Å². The second-order valence-electron chi connectivity index (χ2n) is 6.30. The van der Waals surface area contributed by atoms with Crippen molar-refractivity contribution in [1.82, 2.24) is 14.9 Å². The Bertz CT molecular complexity index is 751. The minimum absolute atomic E-state index is 0.128. The van der Waals surface area contributed by atoms with E-state index in [1.54, 1.807) is 18.2 Å². The highest BCUT2D eigenvalue weighted by molar-refractivity contribution is 5.75. The zero-order valence-electron chi connectivity index (χ0n) is 14.1. The SMILES string of the molecule is Cc1cc(Oc2ccc(F)cc2)nc(C2CCCN(CC(N)=O)C2)n1. The van der Waals surface area contributed by atoms with E-state index in [4.69, 9.17) is 10.5 Å². The zero-order valence-corrected chi connectivity index (χ0v) is 14.1. The van der Waals surface area contributed by atoms with E-state index in [2.05, 4.69) is 9.97 Å². The van der Waals surface area contributed by atoms with Crippen molar-refractivity contribution in [1.29, 1.82) is 0 Å². The highest BCUT2D eigenvalue weighted by Gasteiger charge is 2.25. The third-order valence-corrected chi connectivity index (χ3v) is 4.13. The molecule has 1 fully saturated rings. The third-order valence-electron chi connectivity index (χ3n) is 4.13. The number of hydrogen-bond acceptors (Lipinski definition) is 5. The van der Waals surface area contributed by atoms with Crippen molar-refractivity contribution in [2.24, 2.45) is 5.73 Å². The molecule has 2 aromatic rings. The van der Waals surface area contributed by atoms with Gasteiger partial charge >= 0.3 is 0 Å². The Hall–Kier alpha value is -2.54. The van der Waals surface area contributed by atoms with Crippen LogP contribution >= 0.6 is 0 Å². The Kier molecular flexibility index (Phi) is 5.23. The Balaban J connectivity index is 1.76. The number of halogens is 1. The van der Waals surface area contributed by atoms with Gasteiger partial charge in [-0.1, -0.05) is 0 Å². The Morgan fingerprint density at radius 2 is 2.12 bits per heavy atom. The van der Waals surface area contributed by atoms with Crippen LogP contribution < -0.4 is 10.5 Å². The summed E-state index contributed by atoms with van der Waals surface area (Å²) >= 11 is 0. The number of aryl methyl sites for hydroxylation is 1. The average Bonchev–Trinajstić information content (AvgIpc) is 2.56. The van der Waals surface area contributed by atoms with Crippen LogP contribution in [0.2, 0.25) is 0 Å². The van der Waals surface area contributed by atoms with Gasteiger partial charge in [0, 0.05) is 24.2 Å². The van der Waals surface area contributed by atoms with Crippen molar-refractivity contribution in [3.05, 3.63) is 47.7 Å². The number of aromatic nitrogens is 2. The number of carbonyl (C=O) groups excluding carboxylic acids is 1. The summed E-state index contributed by atoms with van der Waals surface area (Å²) in [7, 11) is 0. The van der Waals surface area contributed by atoms with Crippen molar-refractivity contribution in [3.63, 3.8) is 0 Å². The fraction of sp³-hybridized carbons (Fsp3) is 0.389. The van der Waals surface area contributed by atoms with E-state index in [0.29, 0.717) is 24.0 Å². The van der Waals surface area contributed by atoms with Crippen molar-refractivity contribution in [2.75, 3.05) is 19.6 Å². The van der Waals surface area contributed by atoms with Crippen molar-refractivity contribution in [3.8, 4) is 11.6 Å². The summed E-state index contributed by atoms with van der Waals surface area (Å²) in [4.78, 5) is 22.2. The molecule has 0 saturated carbocycles. The van der Waals surface area contributed by atoms with Crippen LogP contribution in [0.3, 0.4) is 0 Å².